The highest BCUT2D eigenvalue weighted by atomic mass is 127. The zero-order valence-electron chi connectivity index (χ0n) is 19.0. The minimum absolute atomic E-state index is 0.0853. The maximum Gasteiger partial charge on any atom is 0.283 e. The number of thioether (sulfide) groups is 1. The lowest BCUT2D eigenvalue weighted by molar-refractivity contribution is -0.114. The quantitative estimate of drug-likeness (QED) is 0.239. The van der Waals surface area contributed by atoms with Gasteiger partial charge in [-0.2, -0.15) is 4.99 Å². The predicted octanol–water partition coefficient (Wildman–Crippen LogP) is 6.84. The molecule has 2 aliphatic heterocycles. The second kappa shape index (κ2) is 10.5. The van der Waals surface area contributed by atoms with Crippen LogP contribution in [0.25, 0.3) is 11.8 Å². The van der Waals surface area contributed by atoms with Crippen LogP contribution in [0.1, 0.15) is 16.7 Å². The van der Waals surface area contributed by atoms with E-state index in [2.05, 4.69) is 27.6 Å². The lowest BCUT2D eigenvalue weighted by Crippen LogP contribution is -2.38. The number of aliphatic imine (C=N–C) groups is 1. The van der Waals surface area contributed by atoms with Crippen molar-refractivity contribution in [3.8, 4) is 11.5 Å². The Morgan fingerprint density at radius 2 is 1.89 bits per heavy atom. The van der Waals surface area contributed by atoms with Crippen LogP contribution < -0.4 is 9.47 Å². The Balaban J connectivity index is 1.43. The third kappa shape index (κ3) is 4.93. The molecule has 0 aromatic heterocycles. The standard InChI is InChI=1S/C27H19ClIN3O3S/c1-34-23-13-17(12-21(29)24(23)35-14-16-7-9-19(28)10-8-16)11-20-25(30)32-22(18-5-3-2-4-6-18)15-36-27(32)31-26(20)33/h2-13,15,30H,14H2,1H3/b20-11-,30-25?. The number of benzene rings is 3. The fourth-order valence-electron chi connectivity index (χ4n) is 3.78. The lowest BCUT2D eigenvalue weighted by Gasteiger charge is -2.27. The highest BCUT2D eigenvalue weighted by Crippen LogP contribution is 2.39. The van der Waals surface area contributed by atoms with Crippen LogP contribution in [0.4, 0.5) is 0 Å². The van der Waals surface area contributed by atoms with Crippen LogP contribution in [-0.4, -0.2) is 28.9 Å². The van der Waals surface area contributed by atoms with Gasteiger partial charge in [-0.05, 0) is 69.6 Å². The molecule has 1 amide bonds. The van der Waals surface area contributed by atoms with Crippen LogP contribution in [-0.2, 0) is 11.4 Å². The molecule has 1 N–H and O–H groups in total. The zero-order chi connectivity index (χ0) is 25.2. The van der Waals surface area contributed by atoms with Crippen molar-refractivity contribution in [2.75, 3.05) is 7.11 Å². The van der Waals surface area contributed by atoms with Crippen molar-refractivity contribution in [1.29, 1.82) is 5.41 Å². The Morgan fingerprint density at radius 1 is 1.14 bits per heavy atom. The highest BCUT2D eigenvalue weighted by molar-refractivity contribution is 14.1. The van der Waals surface area contributed by atoms with Gasteiger partial charge in [0.2, 0.25) is 0 Å². The molecule has 3 aromatic rings. The smallest absolute Gasteiger partial charge is 0.283 e. The summed E-state index contributed by atoms with van der Waals surface area (Å²) in [6, 6.07) is 20.9. The van der Waals surface area contributed by atoms with Gasteiger partial charge in [-0.25, -0.2) is 0 Å². The van der Waals surface area contributed by atoms with Crippen LogP contribution in [0.15, 0.2) is 82.7 Å². The number of amidine groups is 2. The zero-order valence-corrected chi connectivity index (χ0v) is 22.7. The Hall–Kier alpha value is -3.08. The number of halogens is 2. The number of ether oxygens (including phenoxy) is 2. The third-order valence-corrected chi connectivity index (χ3v) is 7.42. The Bertz CT molecular complexity index is 1450. The molecule has 6 nitrogen and oxygen atoms in total. The molecule has 5 rings (SSSR count). The van der Waals surface area contributed by atoms with Crippen molar-refractivity contribution in [2.24, 2.45) is 4.99 Å². The first-order valence-corrected chi connectivity index (χ1v) is 13.2. The summed E-state index contributed by atoms with van der Waals surface area (Å²) >= 11 is 9.49. The molecular formula is C27H19ClIN3O3S. The number of nitrogens with one attached hydrogen (secondary N) is 1. The van der Waals surface area contributed by atoms with E-state index in [0.717, 1.165) is 20.4 Å². The summed E-state index contributed by atoms with van der Waals surface area (Å²) < 4.78 is 12.5. The van der Waals surface area contributed by atoms with Gasteiger partial charge >= 0.3 is 0 Å². The number of nitrogens with zero attached hydrogens (tertiary/aromatic N) is 2. The molecule has 0 fully saturated rings. The summed E-state index contributed by atoms with van der Waals surface area (Å²) in [5, 5.41) is 11.9. The van der Waals surface area contributed by atoms with Crippen molar-refractivity contribution in [3.63, 3.8) is 0 Å². The minimum Gasteiger partial charge on any atom is -0.493 e. The minimum atomic E-state index is -0.446. The first-order chi connectivity index (χ1) is 17.4. The fraction of sp³-hybridized carbons (Fsp3) is 0.0741. The van der Waals surface area contributed by atoms with E-state index in [4.69, 9.17) is 26.5 Å². The monoisotopic (exact) mass is 627 g/mol. The van der Waals surface area contributed by atoms with E-state index >= 15 is 0 Å². The molecule has 9 heteroatoms. The molecule has 3 aromatic carbocycles. The van der Waals surface area contributed by atoms with Crippen molar-refractivity contribution >= 4 is 74.6 Å². The summed E-state index contributed by atoms with van der Waals surface area (Å²) in [7, 11) is 1.57. The summed E-state index contributed by atoms with van der Waals surface area (Å²) in [5.41, 5.74) is 3.66. The van der Waals surface area contributed by atoms with E-state index in [0.29, 0.717) is 33.9 Å². The number of methoxy groups -OCH3 is 1. The molecule has 0 unspecified atom stereocenters. The largest absolute Gasteiger partial charge is 0.493 e. The maximum atomic E-state index is 12.9. The second-order valence-electron chi connectivity index (χ2n) is 7.88. The molecule has 180 valence electrons. The SMILES string of the molecule is COc1cc(/C=C2/C(=N)N3C(c4ccccc4)=CSC3=NC2=O)cc(I)c1OCc1ccc(Cl)cc1. The van der Waals surface area contributed by atoms with Crippen LogP contribution in [0, 0.1) is 8.98 Å². The molecule has 36 heavy (non-hydrogen) atoms. The number of hydrogen-bond donors (Lipinski definition) is 1. The lowest BCUT2D eigenvalue weighted by atomic mass is 10.1. The summed E-state index contributed by atoms with van der Waals surface area (Å²) in [4.78, 5) is 18.8. The fourth-order valence-corrected chi connectivity index (χ4v) is 5.58. The number of fused-ring (bicyclic) bond motifs is 1. The number of carbonyl (C=O) groups is 1. The molecular weight excluding hydrogens is 609 g/mol. The van der Waals surface area contributed by atoms with Crippen molar-refractivity contribution in [2.45, 2.75) is 6.61 Å². The highest BCUT2D eigenvalue weighted by Gasteiger charge is 2.36. The predicted molar refractivity (Wildman–Crippen MR) is 153 cm³/mol. The molecule has 2 aliphatic rings. The Morgan fingerprint density at radius 3 is 2.61 bits per heavy atom. The first-order valence-electron chi connectivity index (χ1n) is 10.9. The number of carbonyl (C=O) groups excluding carboxylic acids is 1. The van der Waals surface area contributed by atoms with Gasteiger partial charge in [-0.3, -0.25) is 15.1 Å². The molecule has 0 atom stereocenters. The van der Waals surface area contributed by atoms with Crippen molar-refractivity contribution in [3.05, 3.63) is 103 Å². The number of hydrogen-bond acceptors (Lipinski definition) is 5. The van der Waals surface area contributed by atoms with Crippen molar-refractivity contribution in [1.82, 2.24) is 4.90 Å². The first kappa shape index (κ1) is 24.6. The number of rotatable bonds is 6. The van der Waals surface area contributed by atoms with Gasteiger partial charge in [0.15, 0.2) is 16.7 Å². The molecule has 2 heterocycles. The van der Waals surface area contributed by atoms with Gasteiger partial charge in [-0.15, -0.1) is 0 Å². The molecule has 0 bridgehead atoms. The Kier molecular flexibility index (Phi) is 7.17. The molecule has 0 radical (unpaired) electrons. The molecule has 0 spiro atoms. The molecule has 0 saturated carbocycles. The van der Waals surface area contributed by atoms with Crippen LogP contribution in [0.2, 0.25) is 5.02 Å². The van der Waals surface area contributed by atoms with E-state index < -0.39 is 5.91 Å². The number of amides is 1. The van der Waals surface area contributed by atoms with Gasteiger partial charge in [0.25, 0.3) is 5.91 Å². The average molecular weight is 628 g/mol. The van der Waals surface area contributed by atoms with Crippen LogP contribution >= 0.6 is 46.0 Å². The van der Waals surface area contributed by atoms with Gasteiger partial charge in [-0.1, -0.05) is 65.8 Å². The van der Waals surface area contributed by atoms with E-state index in [1.54, 1.807) is 24.2 Å². The topological polar surface area (TPSA) is 75.0 Å². The normalized spacial score (nSPS) is 16.1. The molecule has 0 saturated heterocycles. The van der Waals surface area contributed by atoms with Crippen LogP contribution in [0.3, 0.4) is 0 Å². The summed E-state index contributed by atoms with van der Waals surface area (Å²) in [6.07, 6.45) is 1.67. The van der Waals surface area contributed by atoms with E-state index in [-0.39, 0.29) is 11.4 Å². The summed E-state index contributed by atoms with van der Waals surface area (Å²) in [6.45, 7) is 0.353. The average Bonchev–Trinajstić information content (AvgIpc) is 3.31. The van der Waals surface area contributed by atoms with Gasteiger partial charge in [0.05, 0.1) is 22.0 Å². The van der Waals surface area contributed by atoms with Crippen molar-refractivity contribution < 1.29 is 14.3 Å². The van der Waals surface area contributed by atoms with E-state index in [1.165, 1.54) is 11.8 Å². The molecule has 0 aliphatic carbocycles. The van der Waals surface area contributed by atoms with E-state index in [9.17, 15) is 4.79 Å². The Labute approximate surface area is 231 Å². The van der Waals surface area contributed by atoms with Crippen LogP contribution in [0.5, 0.6) is 11.5 Å². The van der Waals surface area contributed by atoms with Gasteiger partial charge in [0, 0.05) is 10.4 Å². The van der Waals surface area contributed by atoms with Gasteiger partial charge < -0.3 is 9.47 Å². The van der Waals surface area contributed by atoms with E-state index in [1.807, 2.05) is 66.1 Å². The second-order valence-corrected chi connectivity index (χ2v) is 10.3. The van der Waals surface area contributed by atoms with Gasteiger partial charge in [0.1, 0.15) is 12.4 Å². The maximum absolute atomic E-state index is 12.9. The third-order valence-electron chi connectivity index (χ3n) is 5.54. The summed E-state index contributed by atoms with van der Waals surface area (Å²) in [5.74, 6) is 0.773.